The quantitative estimate of drug-likeness (QED) is 0.819. The molecule has 1 atom stereocenters. The Bertz CT molecular complexity index is 376. The highest BCUT2D eigenvalue weighted by Crippen LogP contribution is 2.12. The minimum Gasteiger partial charge on any atom is -0.497 e. The van der Waals surface area contributed by atoms with E-state index >= 15 is 0 Å². The lowest BCUT2D eigenvalue weighted by Crippen LogP contribution is -2.42. The van der Waals surface area contributed by atoms with Crippen molar-refractivity contribution in [2.45, 2.75) is 25.4 Å². The number of carbonyl (C=O) groups is 1. The van der Waals surface area contributed by atoms with Crippen molar-refractivity contribution in [2.24, 2.45) is 0 Å². The van der Waals surface area contributed by atoms with Crippen LogP contribution in [0, 0.1) is 0 Å². The summed E-state index contributed by atoms with van der Waals surface area (Å²) in [6.07, 6.45) is 1.58. The molecule has 2 N–H and O–H groups in total. The van der Waals surface area contributed by atoms with Crippen LogP contribution in [0.5, 0.6) is 5.75 Å². The number of piperidine rings is 1. The summed E-state index contributed by atoms with van der Waals surface area (Å²) in [5.41, 5.74) is 1.21. The third-order valence-electron chi connectivity index (χ3n) is 3.00. The van der Waals surface area contributed by atoms with Gasteiger partial charge in [-0.2, -0.15) is 0 Å². The van der Waals surface area contributed by atoms with E-state index in [0.29, 0.717) is 12.5 Å². The Balaban J connectivity index is 1.82. The standard InChI is InChI=1S/C13H18N2O2/c1-17-12-4-2-10(3-5-12)9-15-11-6-7-14-13(16)8-11/h2-5,11,15H,6-9H2,1H3,(H,14,16). The summed E-state index contributed by atoms with van der Waals surface area (Å²) in [6.45, 7) is 1.57. The highest BCUT2D eigenvalue weighted by molar-refractivity contribution is 5.77. The monoisotopic (exact) mass is 234 g/mol. The minimum atomic E-state index is 0.142. The number of hydrogen-bond donors (Lipinski definition) is 2. The molecule has 1 unspecified atom stereocenters. The maximum atomic E-state index is 11.2. The van der Waals surface area contributed by atoms with Gasteiger partial charge in [0.15, 0.2) is 0 Å². The number of hydrogen-bond acceptors (Lipinski definition) is 3. The van der Waals surface area contributed by atoms with E-state index in [-0.39, 0.29) is 5.91 Å². The lowest BCUT2D eigenvalue weighted by Gasteiger charge is -2.23. The highest BCUT2D eigenvalue weighted by atomic mass is 16.5. The van der Waals surface area contributed by atoms with Crippen molar-refractivity contribution in [2.75, 3.05) is 13.7 Å². The summed E-state index contributed by atoms with van der Waals surface area (Å²) in [4.78, 5) is 11.2. The molecule has 2 rings (SSSR count). The molecular weight excluding hydrogens is 216 g/mol. The van der Waals surface area contributed by atoms with Crippen LogP contribution in [0.4, 0.5) is 0 Å². The van der Waals surface area contributed by atoms with E-state index < -0.39 is 0 Å². The Hall–Kier alpha value is -1.55. The maximum absolute atomic E-state index is 11.2. The van der Waals surface area contributed by atoms with Crippen LogP contribution < -0.4 is 15.4 Å². The summed E-state index contributed by atoms with van der Waals surface area (Å²) in [7, 11) is 1.66. The molecule has 4 heteroatoms. The van der Waals surface area contributed by atoms with Crippen molar-refractivity contribution in [3.05, 3.63) is 29.8 Å². The lowest BCUT2D eigenvalue weighted by atomic mass is 10.1. The number of amides is 1. The fourth-order valence-corrected chi connectivity index (χ4v) is 1.96. The van der Waals surface area contributed by atoms with Crippen LogP contribution in [0.1, 0.15) is 18.4 Å². The van der Waals surface area contributed by atoms with Gasteiger partial charge in [-0.1, -0.05) is 12.1 Å². The van der Waals surface area contributed by atoms with Gasteiger partial charge >= 0.3 is 0 Å². The number of rotatable bonds is 4. The van der Waals surface area contributed by atoms with Gasteiger partial charge in [0, 0.05) is 25.6 Å². The minimum absolute atomic E-state index is 0.142. The molecule has 1 aromatic carbocycles. The van der Waals surface area contributed by atoms with Crippen LogP contribution in [0.3, 0.4) is 0 Å². The van der Waals surface area contributed by atoms with E-state index in [1.54, 1.807) is 7.11 Å². The van der Waals surface area contributed by atoms with E-state index in [0.717, 1.165) is 25.3 Å². The Morgan fingerprint density at radius 3 is 2.82 bits per heavy atom. The molecule has 0 bridgehead atoms. The van der Waals surface area contributed by atoms with Gasteiger partial charge in [-0.25, -0.2) is 0 Å². The molecule has 1 amide bonds. The molecule has 1 heterocycles. The van der Waals surface area contributed by atoms with Crippen LogP contribution in [-0.4, -0.2) is 25.6 Å². The van der Waals surface area contributed by atoms with E-state index in [1.165, 1.54) is 5.56 Å². The van der Waals surface area contributed by atoms with E-state index in [1.807, 2.05) is 24.3 Å². The van der Waals surface area contributed by atoms with Gasteiger partial charge < -0.3 is 15.4 Å². The van der Waals surface area contributed by atoms with Crippen molar-refractivity contribution < 1.29 is 9.53 Å². The number of nitrogens with one attached hydrogen (secondary N) is 2. The predicted molar refractivity (Wildman–Crippen MR) is 65.9 cm³/mol. The summed E-state index contributed by atoms with van der Waals surface area (Å²) < 4.78 is 5.10. The van der Waals surface area contributed by atoms with Crippen LogP contribution in [0.25, 0.3) is 0 Å². The third-order valence-corrected chi connectivity index (χ3v) is 3.00. The summed E-state index contributed by atoms with van der Waals surface area (Å²) in [6, 6.07) is 8.27. The molecule has 0 aromatic heterocycles. The van der Waals surface area contributed by atoms with Crippen molar-refractivity contribution in [1.29, 1.82) is 0 Å². The van der Waals surface area contributed by atoms with Crippen molar-refractivity contribution >= 4 is 5.91 Å². The molecule has 0 radical (unpaired) electrons. The normalized spacial score (nSPS) is 19.8. The molecular formula is C13H18N2O2. The van der Waals surface area contributed by atoms with Gasteiger partial charge in [0.1, 0.15) is 5.75 Å². The van der Waals surface area contributed by atoms with Crippen LogP contribution in [-0.2, 0) is 11.3 Å². The molecule has 0 spiro atoms. The second-order valence-electron chi connectivity index (χ2n) is 4.27. The number of benzene rings is 1. The van der Waals surface area contributed by atoms with Gasteiger partial charge in [-0.3, -0.25) is 4.79 Å². The zero-order chi connectivity index (χ0) is 12.1. The van der Waals surface area contributed by atoms with Gasteiger partial charge in [0.25, 0.3) is 0 Å². The van der Waals surface area contributed by atoms with Crippen molar-refractivity contribution in [3.63, 3.8) is 0 Å². The second-order valence-corrected chi connectivity index (χ2v) is 4.27. The van der Waals surface area contributed by atoms with Crippen LogP contribution >= 0.6 is 0 Å². The highest BCUT2D eigenvalue weighted by Gasteiger charge is 2.17. The molecule has 92 valence electrons. The first-order chi connectivity index (χ1) is 8.28. The first-order valence-corrected chi connectivity index (χ1v) is 5.91. The number of ether oxygens (including phenoxy) is 1. The first kappa shape index (κ1) is 11.9. The van der Waals surface area contributed by atoms with Gasteiger partial charge in [0.2, 0.25) is 5.91 Å². The Kier molecular flexibility index (Phi) is 3.98. The summed E-state index contributed by atoms with van der Waals surface area (Å²) in [5.74, 6) is 1.01. The molecule has 4 nitrogen and oxygen atoms in total. The van der Waals surface area contributed by atoms with Crippen LogP contribution in [0.15, 0.2) is 24.3 Å². The maximum Gasteiger partial charge on any atom is 0.221 e. The van der Waals surface area contributed by atoms with Gasteiger partial charge in [-0.05, 0) is 24.1 Å². The zero-order valence-corrected chi connectivity index (χ0v) is 10.0. The number of carbonyl (C=O) groups excluding carboxylic acids is 1. The topological polar surface area (TPSA) is 50.4 Å². The fraction of sp³-hybridized carbons (Fsp3) is 0.462. The Morgan fingerprint density at radius 2 is 2.18 bits per heavy atom. The van der Waals surface area contributed by atoms with Crippen molar-refractivity contribution in [1.82, 2.24) is 10.6 Å². The second kappa shape index (κ2) is 5.68. The zero-order valence-electron chi connectivity index (χ0n) is 10.0. The number of methoxy groups -OCH3 is 1. The first-order valence-electron chi connectivity index (χ1n) is 5.91. The van der Waals surface area contributed by atoms with Crippen LogP contribution in [0.2, 0.25) is 0 Å². The molecule has 1 fully saturated rings. The van der Waals surface area contributed by atoms with E-state index in [9.17, 15) is 4.79 Å². The van der Waals surface area contributed by atoms with E-state index in [2.05, 4.69) is 10.6 Å². The fourth-order valence-electron chi connectivity index (χ4n) is 1.96. The molecule has 1 saturated heterocycles. The summed E-state index contributed by atoms with van der Waals surface area (Å²) in [5, 5.41) is 6.23. The Morgan fingerprint density at radius 1 is 1.41 bits per heavy atom. The van der Waals surface area contributed by atoms with Gasteiger partial charge in [-0.15, -0.1) is 0 Å². The molecule has 17 heavy (non-hydrogen) atoms. The average molecular weight is 234 g/mol. The SMILES string of the molecule is COc1ccc(CNC2CCNC(=O)C2)cc1. The molecule has 1 aromatic rings. The van der Waals surface area contributed by atoms with Crippen molar-refractivity contribution in [3.8, 4) is 5.75 Å². The smallest absolute Gasteiger partial charge is 0.221 e. The molecule has 0 saturated carbocycles. The third kappa shape index (κ3) is 3.46. The average Bonchev–Trinajstić information content (AvgIpc) is 2.37. The van der Waals surface area contributed by atoms with Gasteiger partial charge in [0.05, 0.1) is 7.11 Å². The largest absolute Gasteiger partial charge is 0.497 e. The lowest BCUT2D eigenvalue weighted by molar-refractivity contribution is -0.122. The molecule has 0 aliphatic carbocycles. The molecule has 1 aliphatic heterocycles. The predicted octanol–water partition coefficient (Wildman–Crippen LogP) is 1.06. The van der Waals surface area contributed by atoms with E-state index in [4.69, 9.17) is 4.74 Å². The molecule has 1 aliphatic rings. The summed E-state index contributed by atoms with van der Waals surface area (Å²) >= 11 is 0. The Labute approximate surface area is 101 Å².